The SMILES string of the molecule is CN/C=C\C(C)=O. The average molecular weight is 99.1 g/mol. The minimum atomic E-state index is 0.0642. The maximum absolute atomic E-state index is 10.1. The van der Waals surface area contributed by atoms with Crippen LogP contribution in [-0.4, -0.2) is 12.8 Å². The number of hydrogen-bond acceptors (Lipinski definition) is 2. The van der Waals surface area contributed by atoms with E-state index >= 15 is 0 Å². The van der Waals surface area contributed by atoms with Crippen molar-refractivity contribution in [3.05, 3.63) is 12.3 Å². The fourth-order valence-corrected chi connectivity index (χ4v) is 0.201. The third-order valence-corrected chi connectivity index (χ3v) is 0.485. The fourth-order valence-electron chi connectivity index (χ4n) is 0.201. The van der Waals surface area contributed by atoms with E-state index in [4.69, 9.17) is 0 Å². The molecule has 0 aromatic heterocycles. The van der Waals surface area contributed by atoms with E-state index in [2.05, 4.69) is 5.32 Å². The average Bonchev–Trinajstić information content (AvgIpc) is 1.61. The summed E-state index contributed by atoms with van der Waals surface area (Å²) >= 11 is 0. The second-order valence-electron chi connectivity index (χ2n) is 1.23. The fraction of sp³-hybridized carbons (Fsp3) is 0.400. The van der Waals surface area contributed by atoms with Gasteiger partial charge in [-0.2, -0.15) is 0 Å². The summed E-state index contributed by atoms with van der Waals surface area (Å²) in [7, 11) is 1.75. The largest absolute Gasteiger partial charge is 0.394 e. The van der Waals surface area contributed by atoms with E-state index in [1.807, 2.05) is 0 Å². The van der Waals surface area contributed by atoms with Gasteiger partial charge in [0.2, 0.25) is 0 Å². The number of allylic oxidation sites excluding steroid dienone is 1. The van der Waals surface area contributed by atoms with Gasteiger partial charge in [-0.15, -0.1) is 0 Å². The lowest BCUT2D eigenvalue weighted by Crippen LogP contribution is -1.93. The Hall–Kier alpha value is -0.790. The van der Waals surface area contributed by atoms with Gasteiger partial charge in [0.1, 0.15) is 0 Å². The number of rotatable bonds is 2. The van der Waals surface area contributed by atoms with Crippen LogP contribution in [0, 0.1) is 0 Å². The summed E-state index contributed by atoms with van der Waals surface area (Å²) in [6.45, 7) is 1.51. The lowest BCUT2D eigenvalue weighted by Gasteiger charge is -1.79. The smallest absolute Gasteiger partial charge is 0.154 e. The molecule has 0 aromatic carbocycles. The topological polar surface area (TPSA) is 29.1 Å². The van der Waals surface area contributed by atoms with Crippen molar-refractivity contribution >= 4 is 5.78 Å². The van der Waals surface area contributed by atoms with Gasteiger partial charge in [-0.3, -0.25) is 4.79 Å². The molecule has 0 unspecified atom stereocenters. The molecule has 0 heterocycles. The first kappa shape index (κ1) is 6.21. The highest BCUT2D eigenvalue weighted by atomic mass is 16.1. The number of hydrogen-bond donors (Lipinski definition) is 1. The maximum Gasteiger partial charge on any atom is 0.154 e. The van der Waals surface area contributed by atoms with Gasteiger partial charge in [-0.25, -0.2) is 0 Å². The van der Waals surface area contributed by atoms with Crippen LogP contribution in [-0.2, 0) is 4.79 Å². The predicted molar refractivity (Wildman–Crippen MR) is 28.9 cm³/mol. The summed E-state index contributed by atoms with van der Waals surface area (Å²) in [5, 5.41) is 2.70. The third kappa shape index (κ3) is 5.21. The lowest BCUT2D eigenvalue weighted by atomic mass is 10.4. The predicted octanol–water partition coefficient (Wildman–Crippen LogP) is 0.309. The van der Waals surface area contributed by atoms with Gasteiger partial charge in [0.15, 0.2) is 5.78 Å². The van der Waals surface area contributed by atoms with E-state index in [1.54, 1.807) is 13.2 Å². The van der Waals surface area contributed by atoms with E-state index in [0.717, 1.165) is 0 Å². The molecule has 0 bridgehead atoms. The summed E-state index contributed by atoms with van der Waals surface area (Å²) in [6.07, 6.45) is 3.07. The van der Waals surface area contributed by atoms with E-state index < -0.39 is 0 Å². The Morgan fingerprint density at radius 2 is 2.29 bits per heavy atom. The monoisotopic (exact) mass is 99.1 g/mol. The summed E-state index contributed by atoms with van der Waals surface area (Å²) in [5.74, 6) is 0.0642. The third-order valence-electron chi connectivity index (χ3n) is 0.485. The molecular formula is C5H9NO. The van der Waals surface area contributed by atoms with Crippen molar-refractivity contribution in [1.82, 2.24) is 5.32 Å². The first-order valence-electron chi connectivity index (χ1n) is 2.11. The van der Waals surface area contributed by atoms with Gasteiger partial charge in [0.25, 0.3) is 0 Å². The van der Waals surface area contributed by atoms with Crippen molar-refractivity contribution in [1.29, 1.82) is 0 Å². The molecule has 0 aromatic rings. The van der Waals surface area contributed by atoms with E-state index in [9.17, 15) is 4.79 Å². The molecule has 1 N–H and O–H groups in total. The van der Waals surface area contributed by atoms with E-state index in [-0.39, 0.29) is 5.78 Å². The van der Waals surface area contributed by atoms with Crippen LogP contribution in [0.5, 0.6) is 0 Å². The summed E-state index contributed by atoms with van der Waals surface area (Å²) in [5.41, 5.74) is 0. The highest BCUT2D eigenvalue weighted by Gasteiger charge is 1.75. The Labute approximate surface area is 43.2 Å². The first-order valence-corrected chi connectivity index (χ1v) is 2.11. The standard InChI is InChI=1S/C5H9NO/c1-5(7)3-4-6-2/h3-4,6H,1-2H3/b4-3-. The van der Waals surface area contributed by atoms with Crippen molar-refractivity contribution in [3.63, 3.8) is 0 Å². The van der Waals surface area contributed by atoms with Crippen molar-refractivity contribution in [3.8, 4) is 0 Å². The van der Waals surface area contributed by atoms with Crippen molar-refractivity contribution in [2.75, 3.05) is 7.05 Å². The molecule has 0 aliphatic heterocycles. The van der Waals surface area contributed by atoms with Gasteiger partial charge >= 0.3 is 0 Å². The van der Waals surface area contributed by atoms with E-state index in [1.165, 1.54) is 13.0 Å². The van der Waals surface area contributed by atoms with Crippen LogP contribution in [0.25, 0.3) is 0 Å². The zero-order valence-electron chi connectivity index (χ0n) is 4.56. The highest BCUT2D eigenvalue weighted by molar-refractivity contribution is 5.87. The molecule has 0 fully saturated rings. The van der Waals surface area contributed by atoms with Gasteiger partial charge in [-0.1, -0.05) is 0 Å². The quantitative estimate of drug-likeness (QED) is 0.505. The molecule has 2 heteroatoms. The molecule has 0 aliphatic carbocycles. The molecule has 7 heavy (non-hydrogen) atoms. The number of carbonyl (C=O) groups excluding carboxylic acids is 1. The minimum Gasteiger partial charge on any atom is -0.394 e. The van der Waals surface area contributed by atoms with Crippen LogP contribution in [0.1, 0.15) is 6.92 Å². The number of carbonyl (C=O) groups is 1. The zero-order chi connectivity index (χ0) is 5.70. The van der Waals surface area contributed by atoms with Crippen LogP contribution in [0.3, 0.4) is 0 Å². The Morgan fingerprint density at radius 3 is 2.43 bits per heavy atom. The van der Waals surface area contributed by atoms with Gasteiger partial charge in [0.05, 0.1) is 0 Å². The molecule has 0 rings (SSSR count). The molecular weight excluding hydrogens is 90.1 g/mol. The Bertz CT molecular complexity index is 86.1. The second-order valence-corrected chi connectivity index (χ2v) is 1.23. The summed E-state index contributed by atoms with van der Waals surface area (Å²) in [4.78, 5) is 10.1. The first-order chi connectivity index (χ1) is 3.27. The summed E-state index contributed by atoms with van der Waals surface area (Å²) < 4.78 is 0. The normalized spacial score (nSPS) is 9.43. The van der Waals surface area contributed by atoms with Crippen LogP contribution in [0.15, 0.2) is 12.3 Å². The molecule has 2 nitrogen and oxygen atoms in total. The van der Waals surface area contributed by atoms with Crippen LogP contribution in [0.2, 0.25) is 0 Å². The Kier molecular flexibility index (Phi) is 3.02. The molecule has 0 atom stereocenters. The number of ketones is 1. The van der Waals surface area contributed by atoms with Crippen LogP contribution in [0.4, 0.5) is 0 Å². The summed E-state index contributed by atoms with van der Waals surface area (Å²) in [6, 6.07) is 0. The lowest BCUT2D eigenvalue weighted by molar-refractivity contribution is -0.112. The van der Waals surface area contributed by atoms with Crippen molar-refractivity contribution < 1.29 is 4.79 Å². The second kappa shape index (κ2) is 3.40. The molecule has 0 amide bonds. The Balaban J connectivity index is 3.26. The molecule has 0 saturated carbocycles. The highest BCUT2D eigenvalue weighted by Crippen LogP contribution is 1.67. The van der Waals surface area contributed by atoms with Gasteiger partial charge < -0.3 is 5.32 Å². The molecule has 0 radical (unpaired) electrons. The van der Waals surface area contributed by atoms with E-state index in [0.29, 0.717) is 0 Å². The van der Waals surface area contributed by atoms with Crippen LogP contribution < -0.4 is 5.32 Å². The molecule has 0 aliphatic rings. The van der Waals surface area contributed by atoms with Crippen LogP contribution >= 0.6 is 0 Å². The minimum absolute atomic E-state index is 0.0642. The van der Waals surface area contributed by atoms with Gasteiger partial charge in [0, 0.05) is 7.05 Å². The van der Waals surface area contributed by atoms with Crippen molar-refractivity contribution in [2.24, 2.45) is 0 Å². The Morgan fingerprint density at radius 1 is 1.71 bits per heavy atom. The molecule has 0 spiro atoms. The van der Waals surface area contributed by atoms with Crippen molar-refractivity contribution in [2.45, 2.75) is 6.92 Å². The number of nitrogens with one attached hydrogen (secondary N) is 1. The van der Waals surface area contributed by atoms with Gasteiger partial charge in [-0.05, 0) is 19.2 Å². The molecule has 0 saturated heterocycles. The maximum atomic E-state index is 10.1. The molecule has 40 valence electrons. The zero-order valence-corrected chi connectivity index (χ0v) is 4.56.